The lowest BCUT2D eigenvalue weighted by molar-refractivity contribution is -0.132. The fraction of sp³-hybridized carbons (Fsp3) is 0.462. The zero-order valence-corrected chi connectivity index (χ0v) is 12.9. The molecule has 0 radical (unpaired) electrons. The van der Waals surface area contributed by atoms with E-state index >= 15 is 0 Å². The molecular weight excluding hydrogens is 318 g/mol. The Labute approximate surface area is 121 Å². The quantitative estimate of drug-likeness (QED) is 0.747. The predicted octanol–water partition coefficient (Wildman–Crippen LogP) is 3.35. The normalized spacial score (nSPS) is 12.0. The lowest BCUT2D eigenvalue weighted by Gasteiger charge is -2.18. The Bertz CT molecular complexity index is 381. The summed E-state index contributed by atoms with van der Waals surface area (Å²) < 4.78 is 5.39. The zero-order valence-electron chi connectivity index (χ0n) is 10.5. The molecule has 1 aromatic carbocycles. The van der Waals surface area contributed by atoms with Crippen LogP contribution in [-0.4, -0.2) is 35.8 Å². The van der Waals surface area contributed by atoms with Crippen LogP contribution in [0.15, 0.2) is 24.3 Å². The maximum atomic E-state index is 11.8. The molecule has 18 heavy (non-hydrogen) atoms. The van der Waals surface area contributed by atoms with E-state index in [-0.39, 0.29) is 12.5 Å². The molecule has 5 heteroatoms. The van der Waals surface area contributed by atoms with Gasteiger partial charge in [0, 0.05) is 23.4 Å². The van der Waals surface area contributed by atoms with E-state index in [0.29, 0.717) is 15.6 Å². The minimum absolute atomic E-state index is 0.0295. The maximum absolute atomic E-state index is 11.8. The number of rotatable bonds is 6. The average Bonchev–Trinajstić information content (AvgIpc) is 2.34. The first-order valence-electron chi connectivity index (χ1n) is 5.75. The molecule has 1 aromatic rings. The molecule has 0 bridgehead atoms. The van der Waals surface area contributed by atoms with Gasteiger partial charge in [0.05, 0.1) is 0 Å². The van der Waals surface area contributed by atoms with Crippen LogP contribution in [0.1, 0.15) is 13.3 Å². The summed E-state index contributed by atoms with van der Waals surface area (Å²) in [5.74, 6) is 0.619. The summed E-state index contributed by atoms with van der Waals surface area (Å²) >= 11 is 9.21. The SMILES string of the molecule is CC(Br)CCN(C)C(=O)COc1ccc(Cl)cc1. The van der Waals surface area contributed by atoms with E-state index < -0.39 is 0 Å². The Morgan fingerprint density at radius 3 is 2.61 bits per heavy atom. The van der Waals surface area contributed by atoms with Gasteiger partial charge in [0.25, 0.3) is 5.91 Å². The van der Waals surface area contributed by atoms with Gasteiger partial charge in [-0.05, 0) is 30.7 Å². The molecule has 3 nitrogen and oxygen atoms in total. The Morgan fingerprint density at radius 1 is 1.44 bits per heavy atom. The highest BCUT2D eigenvalue weighted by Crippen LogP contribution is 2.15. The Morgan fingerprint density at radius 2 is 2.06 bits per heavy atom. The van der Waals surface area contributed by atoms with Gasteiger partial charge in [0.1, 0.15) is 5.75 Å². The number of alkyl halides is 1. The van der Waals surface area contributed by atoms with Crippen LogP contribution in [0.4, 0.5) is 0 Å². The lowest BCUT2D eigenvalue weighted by atomic mass is 10.3. The summed E-state index contributed by atoms with van der Waals surface area (Å²) in [6.07, 6.45) is 0.920. The smallest absolute Gasteiger partial charge is 0.260 e. The average molecular weight is 335 g/mol. The molecule has 0 N–H and O–H groups in total. The molecule has 1 amide bonds. The highest BCUT2D eigenvalue weighted by molar-refractivity contribution is 9.09. The van der Waals surface area contributed by atoms with Crippen molar-refractivity contribution in [1.82, 2.24) is 4.90 Å². The number of nitrogens with zero attached hydrogens (tertiary/aromatic N) is 1. The number of hydrogen-bond acceptors (Lipinski definition) is 2. The highest BCUT2D eigenvalue weighted by atomic mass is 79.9. The Balaban J connectivity index is 2.34. The van der Waals surface area contributed by atoms with Crippen molar-refractivity contribution in [3.05, 3.63) is 29.3 Å². The number of hydrogen-bond donors (Lipinski definition) is 0. The molecule has 0 spiro atoms. The second-order valence-corrected chi connectivity index (χ2v) is 6.13. The lowest BCUT2D eigenvalue weighted by Crippen LogP contribution is -2.32. The molecule has 0 saturated heterocycles. The van der Waals surface area contributed by atoms with Gasteiger partial charge < -0.3 is 9.64 Å². The largest absolute Gasteiger partial charge is 0.484 e. The van der Waals surface area contributed by atoms with Crippen molar-refractivity contribution in [2.24, 2.45) is 0 Å². The molecular formula is C13H17BrClNO2. The van der Waals surface area contributed by atoms with E-state index in [1.807, 2.05) is 0 Å². The fourth-order valence-electron chi connectivity index (χ4n) is 1.28. The molecule has 1 unspecified atom stereocenters. The summed E-state index contributed by atoms with van der Waals surface area (Å²) in [7, 11) is 1.78. The molecule has 0 aliphatic heterocycles. The number of likely N-dealkylation sites (N-methyl/N-ethyl adjacent to an activating group) is 1. The van der Waals surface area contributed by atoms with Crippen molar-refractivity contribution in [1.29, 1.82) is 0 Å². The summed E-state index contributed by atoms with van der Waals surface area (Å²) in [5, 5.41) is 0.650. The second-order valence-electron chi connectivity index (χ2n) is 4.13. The summed E-state index contributed by atoms with van der Waals surface area (Å²) in [6, 6.07) is 6.96. The molecule has 1 atom stereocenters. The molecule has 0 heterocycles. The second kappa shape index (κ2) is 7.64. The van der Waals surface area contributed by atoms with E-state index in [1.54, 1.807) is 36.2 Å². The van der Waals surface area contributed by atoms with Gasteiger partial charge in [-0.3, -0.25) is 4.79 Å². The third kappa shape index (κ3) is 5.74. The van der Waals surface area contributed by atoms with Gasteiger partial charge in [-0.15, -0.1) is 0 Å². The number of halogens is 2. The minimum Gasteiger partial charge on any atom is -0.484 e. The minimum atomic E-state index is -0.0295. The first-order valence-corrected chi connectivity index (χ1v) is 7.05. The molecule has 0 aromatic heterocycles. The van der Waals surface area contributed by atoms with Crippen LogP contribution in [0.2, 0.25) is 5.02 Å². The van der Waals surface area contributed by atoms with E-state index in [2.05, 4.69) is 22.9 Å². The Hall–Kier alpha value is -0.740. The van der Waals surface area contributed by atoms with Crippen molar-refractivity contribution >= 4 is 33.4 Å². The van der Waals surface area contributed by atoms with E-state index in [1.165, 1.54) is 0 Å². The van der Waals surface area contributed by atoms with Gasteiger partial charge in [0.15, 0.2) is 6.61 Å². The molecule has 1 rings (SSSR count). The van der Waals surface area contributed by atoms with Crippen molar-refractivity contribution in [3.63, 3.8) is 0 Å². The van der Waals surface area contributed by atoms with E-state index in [9.17, 15) is 4.79 Å². The van der Waals surface area contributed by atoms with E-state index in [0.717, 1.165) is 13.0 Å². The van der Waals surface area contributed by atoms with Gasteiger partial charge in [-0.2, -0.15) is 0 Å². The zero-order chi connectivity index (χ0) is 13.5. The maximum Gasteiger partial charge on any atom is 0.260 e. The monoisotopic (exact) mass is 333 g/mol. The molecule has 0 saturated carbocycles. The molecule has 0 aliphatic carbocycles. The van der Waals surface area contributed by atoms with Crippen LogP contribution in [0.3, 0.4) is 0 Å². The van der Waals surface area contributed by atoms with Gasteiger partial charge >= 0.3 is 0 Å². The van der Waals surface area contributed by atoms with Crippen LogP contribution >= 0.6 is 27.5 Å². The van der Waals surface area contributed by atoms with Crippen molar-refractivity contribution in [3.8, 4) is 5.75 Å². The topological polar surface area (TPSA) is 29.5 Å². The summed E-state index contributed by atoms with van der Waals surface area (Å²) in [6.45, 7) is 2.83. The first kappa shape index (κ1) is 15.3. The third-order valence-electron chi connectivity index (χ3n) is 2.46. The number of carbonyl (C=O) groups is 1. The summed E-state index contributed by atoms with van der Waals surface area (Å²) in [4.78, 5) is 13.8. The summed E-state index contributed by atoms with van der Waals surface area (Å²) in [5.41, 5.74) is 0. The van der Waals surface area contributed by atoms with Crippen LogP contribution in [0.5, 0.6) is 5.75 Å². The molecule has 0 fully saturated rings. The predicted molar refractivity (Wildman–Crippen MR) is 77.6 cm³/mol. The highest BCUT2D eigenvalue weighted by Gasteiger charge is 2.10. The number of carbonyl (C=O) groups excluding carboxylic acids is 1. The standard InChI is InChI=1S/C13H17BrClNO2/c1-10(14)7-8-16(2)13(17)9-18-12-5-3-11(15)4-6-12/h3-6,10H,7-9H2,1-2H3. The Kier molecular flexibility index (Phi) is 6.50. The fourth-order valence-corrected chi connectivity index (χ4v) is 1.61. The van der Waals surface area contributed by atoms with Gasteiger partial charge in [-0.1, -0.05) is 34.5 Å². The third-order valence-corrected chi connectivity index (χ3v) is 3.17. The van der Waals surface area contributed by atoms with Crippen LogP contribution in [0.25, 0.3) is 0 Å². The van der Waals surface area contributed by atoms with E-state index in [4.69, 9.17) is 16.3 Å². The first-order chi connectivity index (χ1) is 8.49. The van der Waals surface area contributed by atoms with Crippen molar-refractivity contribution in [2.45, 2.75) is 18.2 Å². The molecule has 100 valence electrons. The van der Waals surface area contributed by atoms with Crippen LogP contribution < -0.4 is 4.74 Å². The van der Waals surface area contributed by atoms with Gasteiger partial charge in [0.2, 0.25) is 0 Å². The van der Waals surface area contributed by atoms with Crippen molar-refractivity contribution in [2.75, 3.05) is 20.2 Å². The number of ether oxygens (including phenoxy) is 1. The van der Waals surface area contributed by atoms with Crippen molar-refractivity contribution < 1.29 is 9.53 Å². The van der Waals surface area contributed by atoms with Crippen LogP contribution in [0, 0.1) is 0 Å². The van der Waals surface area contributed by atoms with Gasteiger partial charge in [-0.25, -0.2) is 0 Å². The molecule has 0 aliphatic rings. The number of amides is 1. The number of benzene rings is 1. The van der Waals surface area contributed by atoms with Crippen LogP contribution in [-0.2, 0) is 4.79 Å².